The summed E-state index contributed by atoms with van der Waals surface area (Å²) < 4.78 is 4.96. The summed E-state index contributed by atoms with van der Waals surface area (Å²) in [6.45, 7) is 2.52. The molecule has 3 rings (SSSR count). The van der Waals surface area contributed by atoms with Crippen molar-refractivity contribution in [2.24, 2.45) is 4.99 Å². The molecule has 1 N–H and O–H groups in total. The average molecular weight is 394 g/mol. The molecule has 0 atom stereocenters. The molecule has 0 radical (unpaired) electrons. The lowest BCUT2D eigenvalue weighted by molar-refractivity contribution is 0.0526. The predicted octanol–water partition coefficient (Wildman–Crippen LogP) is 3.83. The lowest BCUT2D eigenvalue weighted by Gasteiger charge is -2.18. The van der Waals surface area contributed by atoms with Gasteiger partial charge in [0.15, 0.2) is 0 Å². The highest BCUT2D eigenvalue weighted by Crippen LogP contribution is 2.24. The van der Waals surface area contributed by atoms with Crippen LogP contribution in [-0.4, -0.2) is 35.4 Å². The zero-order valence-corrected chi connectivity index (χ0v) is 15.5. The Labute approximate surface area is 162 Å². The van der Waals surface area contributed by atoms with Gasteiger partial charge in [-0.15, -0.1) is 12.4 Å². The number of carbonyl (C=O) groups excluding carboxylic acids is 1. The summed E-state index contributed by atoms with van der Waals surface area (Å²) in [5.41, 5.74) is 1.03. The normalized spacial score (nSPS) is 12.5. The fourth-order valence-corrected chi connectivity index (χ4v) is 2.44. The molecule has 26 heavy (non-hydrogen) atoms. The van der Waals surface area contributed by atoms with E-state index in [1.807, 2.05) is 17.2 Å². The van der Waals surface area contributed by atoms with Crippen molar-refractivity contribution >= 4 is 53.6 Å². The Morgan fingerprint density at radius 1 is 1.38 bits per heavy atom. The molecule has 0 fully saturated rings. The third-order valence-corrected chi connectivity index (χ3v) is 3.64. The summed E-state index contributed by atoms with van der Waals surface area (Å²) >= 11 is 6.17. The first-order valence-corrected chi connectivity index (χ1v) is 8.05. The summed E-state index contributed by atoms with van der Waals surface area (Å²) in [6, 6.07) is 6.76. The highest BCUT2D eigenvalue weighted by molar-refractivity contribution is 6.33. The number of hydrogen-bond donors (Lipinski definition) is 1. The predicted molar refractivity (Wildman–Crippen MR) is 105 cm³/mol. The second kappa shape index (κ2) is 9.17. The molecule has 0 saturated heterocycles. The molecule has 0 spiro atoms. The van der Waals surface area contributed by atoms with Crippen LogP contribution in [0.15, 0.2) is 47.7 Å². The average Bonchev–Trinajstić information content (AvgIpc) is 2.63. The van der Waals surface area contributed by atoms with Crippen LogP contribution in [0.3, 0.4) is 0 Å². The highest BCUT2D eigenvalue weighted by atomic mass is 35.5. The quantitative estimate of drug-likeness (QED) is 0.777. The van der Waals surface area contributed by atoms with Gasteiger partial charge < -0.3 is 10.1 Å². The number of hydrogen-bond acceptors (Lipinski definition) is 7. The van der Waals surface area contributed by atoms with Crippen LogP contribution in [-0.2, 0) is 4.74 Å². The fraction of sp³-hybridized carbons (Fsp3) is 0.176. The van der Waals surface area contributed by atoms with Crippen LogP contribution >= 0.6 is 24.0 Å². The number of benzene rings is 1. The van der Waals surface area contributed by atoms with Crippen molar-refractivity contribution in [3.8, 4) is 0 Å². The second-order valence-electron chi connectivity index (χ2n) is 5.07. The molecule has 136 valence electrons. The van der Waals surface area contributed by atoms with Gasteiger partial charge in [0.05, 0.1) is 17.2 Å². The lowest BCUT2D eigenvalue weighted by Crippen LogP contribution is -2.21. The third kappa shape index (κ3) is 4.71. The second-order valence-corrected chi connectivity index (χ2v) is 5.47. The van der Waals surface area contributed by atoms with Gasteiger partial charge >= 0.3 is 5.97 Å². The van der Waals surface area contributed by atoms with Crippen LogP contribution < -0.4 is 10.2 Å². The van der Waals surface area contributed by atoms with E-state index >= 15 is 0 Å². The van der Waals surface area contributed by atoms with Gasteiger partial charge in [0.2, 0.25) is 5.95 Å². The Kier molecular flexibility index (Phi) is 6.94. The van der Waals surface area contributed by atoms with E-state index in [1.54, 1.807) is 43.6 Å². The standard InChI is InChI=1S/C17H16ClN5O2.ClH/c1-2-25-16(24)13-5-4-12(10-14(13)18)21-15-6-8-20-17(22-15)23-9-3-7-19-11-23;/h3-10H,2,11H2,1H3,(H,20,21,22);1H. The van der Waals surface area contributed by atoms with Gasteiger partial charge in [0, 0.05) is 24.3 Å². The summed E-state index contributed by atoms with van der Waals surface area (Å²) in [4.78, 5) is 26.5. The monoisotopic (exact) mass is 393 g/mol. The topological polar surface area (TPSA) is 79.7 Å². The largest absolute Gasteiger partial charge is 0.462 e. The molecule has 0 unspecified atom stereocenters. The number of allylic oxidation sites excluding steroid dienone is 1. The summed E-state index contributed by atoms with van der Waals surface area (Å²) in [5.74, 6) is 0.695. The third-order valence-electron chi connectivity index (χ3n) is 3.33. The van der Waals surface area contributed by atoms with Crippen molar-refractivity contribution in [2.75, 3.05) is 23.5 Å². The molecule has 0 bridgehead atoms. The van der Waals surface area contributed by atoms with Gasteiger partial charge in [-0.25, -0.2) is 9.78 Å². The number of anilines is 3. The van der Waals surface area contributed by atoms with E-state index < -0.39 is 5.97 Å². The Hall–Kier alpha value is -2.64. The molecular weight excluding hydrogens is 377 g/mol. The van der Waals surface area contributed by atoms with Crippen molar-refractivity contribution in [2.45, 2.75) is 6.92 Å². The maximum absolute atomic E-state index is 11.8. The molecule has 1 aliphatic rings. The summed E-state index contributed by atoms with van der Waals surface area (Å²) in [5, 5.41) is 3.46. The number of carbonyl (C=O) groups is 1. The minimum Gasteiger partial charge on any atom is -0.462 e. The van der Waals surface area contributed by atoms with Crippen molar-refractivity contribution < 1.29 is 9.53 Å². The maximum atomic E-state index is 11.8. The maximum Gasteiger partial charge on any atom is 0.339 e. The molecule has 0 saturated carbocycles. The summed E-state index contributed by atoms with van der Waals surface area (Å²) in [6.07, 6.45) is 7.06. The lowest BCUT2D eigenvalue weighted by atomic mass is 10.2. The number of esters is 1. The minimum atomic E-state index is -0.444. The molecule has 7 nitrogen and oxygen atoms in total. The molecule has 2 heterocycles. The SMILES string of the molecule is CCOC(=O)c1ccc(Nc2ccnc(N3C=CC=NC3)n2)cc1Cl.Cl. The minimum absolute atomic E-state index is 0. The van der Waals surface area contributed by atoms with Crippen molar-refractivity contribution in [3.63, 3.8) is 0 Å². The number of aromatic nitrogens is 2. The number of halogens is 2. The van der Waals surface area contributed by atoms with E-state index in [2.05, 4.69) is 20.3 Å². The molecular formula is C17H17Cl2N5O2. The van der Waals surface area contributed by atoms with Gasteiger partial charge in [0.1, 0.15) is 12.5 Å². The molecule has 1 aromatic carbocycles. The van der Waals surface area contributed by atoms with Crippen molar-refractivity contribution in [1.82, 2.24) is 9.97 Å². The van der Waals surface area contributed by atoms with Gasteiger partial charge in [-0.2, -0.15) is 4.98 Å². The summed E-state index contributed by atoms with van der Waals surface area (Å²) in [7, 11) is 0. The van der Waals surface area contributed by atoms with Crippen LogP contribution in [0.1, 0.15) is 17.3 Å². The molecule has 1 aliphatic heterocycles. The molecule has 0 aliphatic carbocycles. The van der Waals surface area contributed by atoms with Crippen LogP contribution in [0, 0.1) is 0 Å². The van der Waals surface area contributed by atoms with Crippen molar-refractivity contribution in [1.29, 1.82) is 0 Å². The molecule has 1 aromatic heterocycles. The number of rotatable bonds is 5. The first kappa shape index (κ1) is 19.7. The zero-order valence-electron chi connectivity index (χ0n) is 13.9. The fourth-order valence-electron chi connectivity index (χ4n) is 2.19. The Bertz CT molecular complexity index is 842. The van der Waals surface area contributed by atoms with E-state index in [0.29, 0.717) is 41.3 Å². The number of nitrogens with zero attached hydrogens (tertiary/aromatic N) is 4. The van der Waals surface area contributed by atoms with E-state index in [4.69, 9.17) is 16.3 Å². The first-order valence-electron chi connectivity index (χ1n) is 7.67. The van der Waals surface area contributed by atoms with E-state index in [9.17, 15) is 4.79 Å². The van der Waals surface area contributed by atoms with Gasteiger partial charge in [0.25, 0.3) is 0 Å². The van der Waals surface area contributed by atoms with E-state index in [-0.39, 0.29) is 12.4 Å². The van der Waals surface area contributed by atoms with Crippen LogP contribution in [0.25, 0.3) is 0 Å². The number of ether oxygens (including phenoxy) is 1. The smallest absolute Gasteiger partial charge is 0.339 e. The van der Waals surface area contributed by atoms with Gasteiger partial charge in [-0.3, -0.25) is 9.89 Å². The Morgan fingerprint density at radius 2 is 2.23 bits per heavy atom. The number of aliphatic imine (C=N–C) groups is 1. The van der Waals surface area contributed by atoms with E-state index in [0.717, 1.165) is 0 Å². The highest BCUT2D eigenvalue weighted by Gasteiger charge is 2.12. The van der Waals surface area contributed by atoms with Gasteiger partial charge in [-0.05, 0) is 37.3 Å². The molecule has 9 heteroatoms. The molecule has 2 aromatic rings. The molecule has 0 amide bonds. The van der Waals surface area contributed by atoms with Crippen LogP contribution in [0.5, 0.6) is 0 Å². The van der Waals surface area contributed by atoms with Crippen molar-refractivity contribution in [3.05, 3.63) is 53.3 Å². The zero-order chi connectivity index (χ0) is 17.6. The Morgan fingerprint density at radius 3 is 2.92 bits per heavy atom. The van der Waals surface area contributed by atoms with E-state index in [1.165, 1.54) is 0 Å². The van der Waals surface area contributed by atoms with Crippen LogP contribution in [0.4, 0.5) is 17.5 Å². The van der Waals surface area contributed by atoms with Crippen LogP contribution in [0.2, 0.25) is 5.02 Å². The Balaban J connectivity index is 0.00000243. The number of nitrogens with one attached hydrogen (secondary N) is 1. The first-order chi connectivity index (χ1) is 12.2. The van der Waals surface area contributed by atoms with Gasteiger partial charge in [-0.1, -0.05) is 11.6 Å².